The molecule has 0 aliphatic rings. The van der Waals surface area contributed by atoms with E-state index in [0.29, 0.717) is 0 Å². The molecule has 0 radical (unpaired) electrons. The first-order chi connectivity index (χ1) is 6.65. The van der Waals surface area contributed by atoms with Crippen LogP contribution in [0.15, 0.2) is 30.3 Å². The van der Waals surface area contributed by atoms with Crippen LogP contribution in [0.3, 0.4) is 0 Å². The maximum Gasteiger partial charge on any atom is 0.152 e. The van der Waals surface area contributed by atoms with Crippen LogP contribution < -0.4 is 4.74 Å². The third-order valence-electron chi connectivity index (χ3n) is 1.95. The summed E-state index contributed by atoms with van der Waals surface area (Å²) in [6.07, 6.45) is 1.61. The zero-order chi connectivity index (χ0) is 10.6. The van der Waals surface area contributed by atoms with Crippen LogP contribution in [-0.2, 0) is 4.79 Å². The minimum Gasteiger partial charge on any atom is -0.496 e. The number of hydrogen-bond donors (Lipinski definition) is 0. The number of hydrogen-bond acceptors (Lipinski definition) is 2. The van der Waals surface area contributed by atoms with Gasteiger partial charge in [0.15, 0.2) is 5.78 Å². The van der Waals surface area contributed by atoms with Crippen molar-refractivity contribution in [3.8, 4) is 5.75 Å². The number of para-hydroxylation sites is 1. The lowest BCUT2D eigenvalue weighted by atomic mass is 10.1. The molecular formula is C12H14O2. The van der Waals surface area contributed by atoms with Gasteiger partial charge in [-0.25, -0.2) is 0 Å². The molecule has 74 valence electrons. The van der Waals surface area contributed by atoms with Crippen molar-refractivity contribution in [3.63, 3.8) is 0 Å². The van der Waals surface area contributed by atoms with Crippen LogP contribution in [0.4, 0.5) is 0 Å². The molecule has 0 aliphatic heterocycles. The SMILES string of the molecule is COc1ccccc1C(C)=CC(C)=O. The standard InChI is InChI=1S/C12H14O2/c1-9(8-10(2)13)11-6-4-5-7-12(11)14-3/h4-8H,1-3H3. The van der Waals surface area contributed by atoms with Crippen LogP contribution >= 0.6 is 0 Å². The summed E-state index contributed by atoms with van der Waals surface area (Å²) in [5, 5.41) is 0. The summed E-state index contributed by atoms with van der Waals surface area (Å²) in [7, 11) is 1.62. The third-order valence-corrected chi connectivity index (χ3v) is 1.95. The number of rotatable bonds is 3. The Morgan fingerprint density at radius 2 is 1.93 bits per heavy atom. The van der Waals surface area contributed by atoms with Gasteiger partial charge in [0.2, 0.25) is 0 Å². The highest BCUT2D eigenvalue weighted by atomic mass is 16.5. The first-order valence-electron chi connectivity index (χ1n) is 4.47. The smallest absolute Gasteiger partial charge is 0.152 e. The molecule has 0 amide bonds. The minimum absolute atomic E-state index is 0.0495. The second-order valence-electron chi connectivity index (χ2n) is 3.14. The predicted molar refractivity (Wildman–Crippen MR) is 57.3 cm³/mol. The molecule has 1 aromatic rings. The van der Waals surface area contributed by atoms with Gasteiger partial charge < -0.3 is 4.74 Å². The number of methoxy groups -OCH3 is 1. The second-order valence-corrected chi connectivity index (χ2v) is 3.14. The molecule has 1 aromatic carbocycles. The Bertz CT molecular complexity index is 364. The lowest BCUT2D eigenvalue weighted by Gasteiger charge is -2.07. The van der Waals surface area contributed by atoms with Crippen molar-refractivity contribution in [1.29, 1.82) is 0 Å². The van der Waals surface area contributed by atoms with Crippen molar-refractivity contribution >= 4 is 11.4 Å². The number of carbonyl (C=O) groups excluding carboxylic acids is 1. The number of ether oxygens (including phenoxy) is 1. The number of benzene rings is 1. The Balaban J connectivity index is 3.11. The summed E-state index contributed by atoms with van der Waals surface area (Å²) < 4.78 is 5.20. The van der Waals surface area contributed by atoms with E-state index in [-0.39, 0.29) is 5.78 Å². The van der Waals surface area contributed by atoms with E-state index in [2.05, 4.69) is 0 Å². The molecule has 0 bridgehead atoms. The molecule has 0 saturated heterocycles. The van der Waals surface area contributed by atoms with Gasteiger partial charge >= 0.3 is 0 Å². The first-order valence-corrected chi connectivity index (χ1v) is 4.47. The zero-order valence-corrected chi connectivity index (χ0v) is 8.70. The van der Waals surface area contributed by atoms with Gasteiger partial charge in [-0.1, -0.05) is 18.2 Å². The number of ketones is 1. The van der Waals surface area contributed by atoms with Crippen LogP contribution in [0.2, 0.25) is 0 Å². The van der Waals surface area contributed by atoms with Crippen LogP contribution in [-0.4, -0.2) is 12.9 Å². The van der Waals surface area contributed by atoms with Crippen LogP contribution in [0.25, 0.3) is 5.57 Å². The fourth-order valence-corrected chi connectivity index (χ4v) is 1.35. The van der Waals surface area contributed by atoms with Gasteiger partial charge in [0.1, 0.15) is 5.75 Å². The van der Waals surface area contributed by atoms with Gasteiger partial charge in [-0.05, 0) is 31.6 Å². The van der Waals surface area contributed by atoms with Crippen LogP contribution in [0.1, 0.15) is 19.4 Å². The Labute approximate surface area is 84.2 Å². The Morgan fingerprint density at radius 3 is 2.50 bits per heavy atom. The van der Waals surface area contributed by atoms with Crippen molar-refractivity contribution in [3.05, 3.63) is 35.9 Å². The monoisotopic (exact) mass is 190 g/mol. The molecule has 2 heteroatoms. The molecule has 0 aromatic heterocycles. The maximum atomic E-state index is 10.9. The van der Waals surface area contributed by atoms with Gasteiger partial charge in [-0.15, -0.1) is 0 Å². The average molecular weight is 190 g/mol. The first kappa shape index (κ1) is 10.5. The fourth-order valence-electron chi connectivity index (χ4n) is 1.35. The summed E-state index contributed by atoms with van der Waals surface area (Å²) >= 11 is 0. The molecule has 0 atom stereocenters. The number of carbonyl (C=O) groups is 1. The molecule has 0 spiro atoms. The molecule has 0 heterocycles. The van der Waals surface area contributed by atoms with E-state index in [0.717, 1.165) is 16.9 Å². The highest BCUT2D eigenvalue weighted by Crippen LogP contribution is 2.24. The largest absolute Gasteiger partial charge is 0.496 e. The van der Waals surface area contributed by atoms with Crippen molar-refractivity contribution in [2.75, 3.05) is 7.11 Å². The van der Waals surface area contributed by atoms with E-state index in [1.54, 1.807) is 20.1 Å². The molecule has 2 nitrogen and oxygen atoms in total. The van der Waals surface area contributed by atoms with Crippen molar-refractivity contribution in [2.45, 2.75) is 13.8 Å². The van der Waals surface area contributed by atoms with E-state index in [1.807, 2.05) is 31.2 Å². The molecule has 0 N–H and O–H groups in total. The van der Waals surface area contributed by atoms with Crippen molar-refractivity contribution in [2.24, 2.45) is 0 Å². The highest BCUT2D eigenvalue weighted by molar-refractivity contribution is 5.95. The van der Waals surface area contributed by atoms with Crippen LogP contribution in [0, 0.1) is 0 Å². The van der Waals surface area contributed by atoms with E-state index < -0.39 is 0 Å². The quantitative estimate of drug-likeness (QED) is 0.685. The molecule has 0 aliphatic carbocycles. The molecule has 0 fully saturated rings. The predicted octanol–water partition coefficient (Wildman–Crippen LogP) is 2.69. The third kappa shape index (κ3) is 2.46. The Hall–Kier alpha value is -1.57. The summed E-state index contributed by atoms with van der Waals surface area (Å²) in [4.78, 5) is 10.9. The maximum absolute atomic E-state index is 10.9. The summed E-state index contributed by atoms with van der Waals surface area (Å²) in [5.41, 5.74) is 1.89. The summed E-state index contributed by atoms with van der Waals surface area (Å²) in [6, 6.07) is 7.65. The van der Waals surface area contributed by atoms with Crippen LogP contribution in [0.5, 0.6) is 5.75 Å². The number of allylic oxidation sites excluding steroid dienone is 2. The average Bonchev–Trinajstić information content (AvgIpc) is 2.16. The molecule has 0 saturated carbocycles. The van der Waals surface area contributed by atoms with Gasteiger partial charge in [0.25, 0.3) is 0 Å². The zero-order valence-electron chi connectivity index (χ0n) is 8.70. The van der Waals surface area contributed by atoms with Crippen molar-refractivity contribution in [1.82, 2.24) is 0 Å². The normalized spacial score (nSPS) is 11.2. The van der Waals surface area contributed by atoms with Gasteiger partial charge in [-0.3, -0.25) is 4.79 Å². The van der Waals surface area contributed by atoms with Gasteiger partial charge in [0, 0.05) is 5.56 Å². The van der Waals surface area contributed by atoms with E-state index in [1.165, 1.54) is 0 Å². The molecular weight excluding hydrogens is 176 g/mol. The van der Waals surface area contributed by atoms with E-state index in [9.17, 15) is 4.79 Å². The van der Waals surface area contributed by atoms with Gasteiger partial charge in [0.05, 0.1) is 7.11 Å². The molecule has 1 rings (SSSR count). The second kappa shape index (κ2) is 4.61. The van der Waals surface area contributed by atoms with E-state index in [4.69, 9.17) is 4.74 Å². The fraction of sp³-hybridized carbons (Fsp3) is 0.250. The highest BCUT2D eigenvalue weighted by Gasteiger charge is 2.03. The molecule has 14 heavy (non-hydrogen) atoms. The Morgan fingerprint density at radius 1 is 1.29 bits per heavy atom. The topological polar surface area (TPSA) is 26.3 Å². The Kier molecular flexibility index (Phi) is 3.46. The van der Waals surface area contributed by atoms with E-state index >= 15 is 0 Å². The van der Waals surface area contributed by atoms with Gasteiger partial charge in [-0.2, -0.15) is 0 Å². The minimum atomic E-state index is 0.0495. The molecule has 0 unspecified atom stereocenters. The lowest BCUT2D eigenvalue weighted by molar-refractivity contribution is -0.112. The lowest BCUT2D eigenvalue weighted by Crippen LogP contribution is -1.91. The summed E-state index contributed by atoms with van der Waals surface area (Å²) in [5.74, 6) is 0.843. The van der Waals surface area contributed by atoms with Crippen molar-refractivity contribution < 1.29 is 9.53 Å². The summed E-state index contributed by atoms with van der Waals surface area (Å²) in [6.45, 7) is 3.44.